The van der Waals surface area contributed by atoms with Crippen LogP contribution < -0.4 is 10.1 Å². The quantitative estimate of drug-likeness (QED) is 0.876. The molecule has 1 unspecified atom stereocenters. The van der Waals surface area contributed by atoms with Gasteiger partial charge in [-0.2, -0.15) is 0 Å². The smallest absolute Gasteiger partial charge is 0.118 e. The molecule has 0 aromatic heterocycles. The molecular formula is C16H18BrNO. The zero-order valence-corrected chi connectivity index (χ0v) is 12.8. The van der Waals surface area contributed by atoms with Gasteiger partial charge in [0, 0.05) is 16.2 Å². The van der Waals surface area contributed by atoms with Crippen molar-refractivity contribution in [2.45, 2.75) is 19.4 Å². The zero-order chi connectivity index (χ0) is 13.7. The van der Waals surface area contributed by atoms with Crippen LogP contribution in [-0.2, 0) is 6.42 Å². The molecular weight excluding hydrogens is 302 g/mol. The standard InChI is InChI=1S/C16H18BrNO/c1-12(18-15-7-5-14(17)6-8-15)11-13-3-9-16(19-2)10-4-13/h3-10,12,18H,11H2,1-2H3. The third-order valence-electron chi connectivity index (χ3n) is 2.96. The van der Waals surface area contributed by atoms with Crippen LogP contribution in [0.15, 0.2) is 53.0 Å². The Bertz CT molecular complexity index is 507. The number of hydrogen-bond acceptors (Lipinski definition) is 2. The molecule has 0 spiro atoms. The van der Waals surface area contributed by atoms with Crippen LogP contribution in [-0.4, -0.2) is 13.2 Å². The van der Waals surface area contributed by atoms with Crippen molar-refractivity contribution in [2.75, 3.05) is 12.4 Å². The summed E-state index contributed by atoms with van der Waals surface area (Å²) in [5.41, 5.74) is 2.45. The first-order valence-electron chi connectivity index (χ1n) is 6.32. The van der Waals surface area contributed by atoms with Crippen molar-refractivity contribution >= 4 is 21.6 Å². The van der Waals surface area contributed by atoms with Crippen molar-refractivity contribution in [3.05, 3.63) is 58.6 Å². The van der Waals surface area contributed by atoms with Gasteiger partial charge in [-0.25, -0.2) is 0 Å². The lowest BCUT2D eigenvalue weighted by atomic mass is 10.1. The first kappa shape index (κ1) is 13.9. The van der Waals surface area contributed by atoms with Crippen molar-refractivity contribution < 1.29 is 4.74 Å². The van der Waals surface area contributed by atoms with Gasteiger partial charge in [-0.05, 0) is 55.3 Å². The highest BCUT2D eigenvalue weighted by molar-refractivity contribution is 9.10. The van der Waals surface area contributed by atoms with E-state index >= 15 is 0 Å². The number of methoxy groups -OCH3 is 1. The number of benzene rings is 2. The molecule has 0 saturated carbocycles. The molecule has 2 rings (SSSR count). The molecule has 0 saturated heterocycles. The Morgan fingerprint density at radius 2 is 1.68 bits per heavy atom. The van der Waals surface area contributed by atoms with Gasteiger partial charge in [0.15, 0.2) is 0 Å². The predicted molar refractivity (Wildman–Crippen MR) is 83.9 cm³/mol. The normalized spacial score (nSPS) is 11.9. The first-order chi connectivity index (χ1) is 9.17. The highest BCUT2D eigenvalue weighted by Gasteiger charge is 2.04. The number of ether oxygens (including phenoxy) is 1. The number of rotatable bonds is 5. The average Bonchev–Trinajstić information content (AvgIpc) is 2.42. The molecule has 2 aromatic rings. The summed E-state index contributed by atoms with van der Waals surface area (Å²) in [7, 11) is 1.69. The van der Waals surface area contributed by atoms with E-state index in [-0.39, 0.29) is 0 Å². The van der Waals surface area contributed by atoms with E-state index in [9.17, 15) is 0 Å². The number of halogens is 1. The van der Waals surface area contributed by atoms with E-state index in [0.29, 0.717) is 6.04 Å². The maximum atomic E-state index is 5.16. The highest BCUT2D eigenvalue weighted by Crippen LogP contribution is 2.17. The number of hydrogen-bond donors (Lipinski definition) is 1. The lowest BCUT2D eigenvalue weighted by Crippen LogP contribution is -2.17. The number of nitrogens with one attached hydrogen (secondary N) is 1. The topological polar surface area (TPSA) is 21.3 Å². The van der Waals surface area contributed by atoms with Crippen LogP contribution in [0.5, 0.6) is 5.75 Å². The molecule has 1 atom stereocenters. The minimum atomic E-state index is 0.384. The first-order valence-corrected chi connectivity index (χ1v) is 7.11. The van der Waals surface area contributed by atoms with Crippen LogP contribution >= 0.6 is 15.9 Å². The zero-order valence-electron chi connectivity index (χ0n) is 11.2. The van der Waals surface area contributed by atoms with E-state index < -0.39 is 0 Å². The maximum Gasteiger partial charge on any atom is 0.118 e. The average molecular weight is 320 g/mol. The summed E-state index contributed by atoms with van der Waals surface area (Å²) in [4.78, 5) is 0. The number of anilines is 1. The maximum absolute atomic E-state index is 5.16. The third kappa shape index (κ3) is 4.28. The van der Waals surface area contributed by atoms with Crippen LogP contribution in [0.3, 0.4) is 0 Å². The van der Waals surface area contributed by atoms with Crippen molar-refractivity contribution in [2.24, 2.45) is 0 Å². The molecule has 0 aliphatic heterocycles. The minimum Gasteiger partial charge on any atom is -0.497 e. The van der Waals surface area contributed by atoms with Gasteiger partial charge in [0.2, 0.25) is 0 Å². The van der Waals surface area contributed by atoms with E-state index in [4.69, 9.17) is 4.74 Å². The van der Waals surface area contributed by atoms with Gasteiger partial charge < -0.3 is 10.1 Å². The van der Waals surface area contributed by atoms with Gasteiger partial charge in [0.25, 0.3) is 0 Å². The van der Waals surface area contributed by atoms with Crippen molar-refractivity contribution in [3.63, 3.8) is 0 Å². The Morgan fingerprint density at radius 3 is 2.26 bits per heavy atom. The van der Waals surface area contributed by atoms with E-state index in [0.717, 1.165) is 22.3 Å². The molecule has 0 fully saturated rings. The molecule has 2 nitrogen and oxygen atoms in total. The molecule has 0 aliphatic rings. The second kappa shape index (κ2) is 6.62. The lowest BCUT2D eigenvalue weighted by molar-refractivity contribution is 0.414. The Morgan fingerprint density at radius 1 is 1.05 bits per heavy atom. The summed E-state index contributed by atoms with van der Waals surface area (Å²) >= 11 is 3.44. The molecule has 0 aliphatic carbocycles. The van der Waals surface area contributed by atoms with Crippen LogP contribution in [0.4, 0.5) is 5.69 Å². The fraction of sp³-hybridized carbons (Fsp3) is 0.250. The highest BCUT2D eigenvalue weighted by atomic mass is 79.9. The van der Waals surface area contributed by atoms with Crippen LogP contribution in [0.25, 0.3) is 0 Å². The van der Waals surface area contributed by atoms with Gasteiger partial charge in [-0.1, -0.05) is 28.1 Å². The molecule has 1 N–H and O–H groups in total. The van der Waals surface area contributed by atoms with Crippen LogP contribution in [0, 0.1) is 0 Å². The summed E-state index contributed by atoms with van der Waals surface area (Å²) in [6, 6.07) is 16.9. The molecule has 0 amide bonds. The van der Waals surface area contributed by atoms with Crippen molar-refractivity contribution in [1.29, 1.82) is 0 Å². The molecule has 100 valence electrons. The third-order valence-corrected chi connectivity index (χ3v) is 3.49. The molecule has 2 aromatic carbocycles. The summed E-state index contributed by atoms with van der Waals surface area (Å²) in [6.45, 7) is 2.19. The Labute approximate surface area is 122 Å². The second-order valence-electron chi connectivity index (χ2n) is 4.60. The summed E-state index contributed by atoms with van der Waals surface area (Å²) in [6.07, 6.45) is 0.986. The van der Waals surface area contributed by atoms with Crippen molar-refractivity contribution in [1.82, 2.24) is 0 Å². The molecule has 0 radical (unpaired) electrons. The van der Waals surface area contributed by atoms with E-state index in [1.807, 2.05) is 24.3 Å². The molecule has 3 heteroatoms. The molecule has 19 heavy (non-hydrogen) atoms. The van der Waals surface area contributed by atoms with Gasteiger partial charge >= 0.3 is 0 Å². The Balaban J connectivity index is 1.92. The van der Waals surface area contributed by atoms with Gasteiger partial charge in [0.1, 0.15) is 5.75 Å². The predicted octanol–water partition coefficient (Wildman–Crippen LogP) is 4.50. The largest absolute Gasteiger partial charge is 0.497 e. The lowest BCUT2D eigenvalue weighted by Gasteiger charge is -2.15. The van der Waals surface area contributed by atoms with Crippen LogP contribution in [0.1, 0.15) is 12.5 Å². The Hall–Kier alpha value is -1.48. The molecule has 0 heterocycles. The van der Waals surface area contributed by atoms with E-state index in [1.165, 1.54) is 5.56 Å². The van der Waals surface area contributed by atoms with E-state index in [2.05, 4.69) is 52.4 Å². The van der Waals surface area contributed by atoms with Gasteiger partial charge in [-0.3, -0.25) is 0 Å². The van der Waals surface area contributed by atoms with Gasteiger partial charge in [-0.15, -0.1) is 0 Å². The SMILES string of the molecule is COc1ccc(CC(C)Nc2ccc(Br)cc2)cc1. The Kier molecular flexibility index (Phi) is 4.86. The van der Waals surface area contributed by atoms with Crippen LogP contribution in [0.2, 0.25) is 0 Å². The fourth-order valence-electron chi connectivity index (χ4n) is 2.00. The van der Waals surface area contributed by atoms with Gasteiger partial charge in [0.05, 0.1) is 7.11 Å². The summed E-state index contributed by atoms with van der Waals surface area (Å²) < 4.78 is 6.26. The van der Waals surface area contributed by atoms with E-state index in [1.54, 1.807) is 7.11 Å². The monoisotopic (exact) mass is 319 g/mol. The summed E-state index contributed by atoms with van der Waals surface area (Å²) in [5.74, 6) is 0.900. The molecule has 0 bridgehead atoms. The summed E-state index contributed by atoms with van der Waals surface area (Å²) in [5, 5.41) is 3.49. The van der Waals surface area contributed by atoms with Crippen molar-refractivity contribution in [3.8, 4) is 5.75 Å². The fourth-order valence-corrected chi connectivity index (χ4v) is 2.26. The minimum absolute atomic E-state index is 0.384. The second-order valence-corrected chi connectivity index (χ2v) is 5.52.